The first-order valence-corrected chi connectivity index (χ1v) is 28.0. The van der Waals surface area contributed by atoms with Crippen LogP contribution in [-0.2, 0) is 10.8 Å². The Hall–Kier alpha value is -9.58. The molecule has 0 atom stereocenters. The smallest absolute Gasteiger partial charge is 0.269 e. The Labute approximate surface area is 504 Å². The van der Waals surface area contributed by atoms with E-state index in [4.69, 9.17) is 26.2 Å². The van der Waals surface area contributed by atoms with Crippen LogP contribution in [0.4, 0.5) is 0 Å². The van der Waals surface area contributed by atoms with Crippen LogP contribution in [0.25, 0.3) is 117 Å². The molecule has 0 fully saturated rings. The minimum absolute atomic E-state index is 0.0515. The van der Waals surface area contributed by atoms with E-state index >= 15 is 0 Å². The Morgan fingerprint density at radius 2 is 0.988 bits per heavy atom. The maximum absolute atomic E-state index is 8.95. The summed E-state index contributed by atoms with van der Waals surface area (Å²) in [4.78, 5) is 4.91. The predicted octanol–water partition coefficient (Wildman–Crippen LogP) is 20.1. The maximum atomic E-state index is 8.95. The second-order valence-corrected chi connectivity index (χ2v) is 23.7. The molecule has 5 heteroatoms. The molecule has 3 aromatic heterocycles. The third-order valence-corrected chi connectivity index (χ3v) is 16.4. The van der Waals surface area contributed by atoms with Crippen LogP contribution in [0.1, 0.15) is 91.4 Å². The van der Waals surface area contributed by atoms with Crippen molar-refractivity contribution in [2.75, 3.05) is 0 Å². The number of fused-ring (bicyclic) bond motifs is 10. The van der Waals surface area contributed by atoms with Crippen LogP contribution >= 0.6 is 0 Å². The lowest BCUT2D eigenvalue weighted by atomic mass is 9.84. The van der Waals surface area contributed by atoms with Gasteiger partial charge in [-0.2, -0.15) is 0 Å². The van der Waals surface area contributed by atoms with Gasteiger partial charge < -0.3 is 4.74 Å². The Morgan fingerprint density at radius 1 is 0.434 bits per heavy atom. The molecule has 83 heavy (non-hydrogen) atoms. The first-order valence-electron chi connectivity index (χ1n) is 34.0. The molecule has 13 aromatic rings. The quantitative estimate of drug-likeness (QED) is 0.118. The summed E-state index contributed by atoms with van der Waals surface area (Å²) in [5.41, 5.74) is 11.8. The first-order chi connectivity index (χ1) is 44.9. The molecule has 0 bridgehead atoms. The van der Waals surface area contributed by atoms with E-state index in [2.05, 4.69) is 88.8 Å². The van der Waals surface area contributed by atoms with Crippen molar-refractivity contribution in [2.24, 2.45) is 0 Å². The lowest BCUT2D eigenvalue weighted by molar-refractivity contribution is -0.570. The molecule has 404 valence electrons. The average molecular weight is 1090 g/mol. The van der Waals surface area contributed by atoms with Crippen LogP contribution in [0, 0.1) is 33.7 Å². The van der Waals surface area contributed by atoms with Crippen molar-refractivity contribution in [1.82, 2.24) is 14.1 Å². The van der Waals surface area contributed by atoms with Crippen molar-refractivity contribution < 1.29 is 25.8 Å². The highest BCUT2D eigenvalue weighted by atomic mass is 16.5. The summed E-state index contributed by atoms with van der Waals surface area (Å²) in [7, 11) is 0. The molecule has 0 amide bonds. The van der Waals surface area contributed by atoms with Crippen LogP contribution in [-0.4, -0.2) is 14.1 Å². The number of aryl methyl sites for hydroxylation is 4. The number of para-hydroxylation sites is 1. The Morgan fingerprint density at radius 3 is 1.64 bits per heavy atom. The maximum Gasteiger partial charge on any atom is 0.269 e. The number of imidazole rings is 1. The second-order valence-electron chi connectivity index (χ2n) is 23.7. The molecule has 0 radical (unpaired) electrons. The summed E-state index contributed by atoms with van der Waals surface area (Å²) < 4.78 is 120. The standard InChI is InChI=1S/C78H66N4O/c1-48-20-17-21-49(2)73(48)53-40-66(52-32-34-55(35-33-52)77(5,6)7)75-67(41-53)62-28-13-11-26-60(62)61-27-12-14-29-63(61)68-42-54(74-50(3)22-18-23-51(74)4)43-71-76(68)81(75)47-80(71)57-24-19-25-58(45-57)83-59-36-37-65-64-30-15-16-31-69(64)82(70(65)46-59)72-44-56(38-39-79-72)78(8,9)10/h11-46H,1-10H3/i1D3,2D3,3D3,4D3. The molecule has 0 N–H and O–H groups in total. The Kier molecular flexibility index (Phi) is 9.37. The van der Waals surface area contributed by atoms with Crippen LogP contribution in [0.2, 0.25) is 0 Å². The molecule has 0 saturated heterocycles. The zero-order valence-electron chi connectivity index (χ0n) is 59.0. The number of ether oxygens (including phenoxy) is 1. The number of benzene rings is 10. The molecule has 14 rings (SSSR count). The van der Waals surface area contributed by atoms with E-state index < -0.39 is 27.4 Å². The van der Waals surface area contributed by atoms with Gasteiger partial charge in [-0.15, -0.1) is 0 Å². The van der Waals surface area contributed by atoms with Crippen LogP contribution in [0.5, 0.6) is 11.5 Å². The fourth-order valence-corrected chi connectivity index (χ4v) is 12.3. The lowest BCUT2D eigenvalue weighted by Crippen LogP contribution is -2.32. The summed E-state index contributed by atoms with van der Waals surface area (Å²) >= 11 is 0. The predicted molar refractivity (Wildman–Crippen MR) is 345 cm³/mol. The average Bonchev–Trinajstić information content (AvgIpc) is 1.60. The number of rotatable bonds is 7. The van der Waals surface area contributed by atoms with Crippen molar-refractivity contribution in [3.8, 4) is 95.5 Å². The van der Waals surface area contributed by atoms with Gasteiger partial charge in [-0.05, 0) is 205 Å². The van der Waals surface area contributed by atoms with Crippen LogP contribution < -0.4 is 9.30 Å². The summed E-state index contributed by atoms with van der Waals surface area (Å²) in [6.07, 6.45) is 5.69. The van der Waals surface area contributed by atoms with Gasteiger partial charge in [0.15, 0.2) is 0 Å². The van der Waals surface area contributed by atoms with Gasteiger partial charge >= 0.3 is 0 Å². The number of pyridine rings is 1. The summed E-state index contributed by atoms with van der Waals surface area (Å²) in [6, 6.07) is 66.4. The normalized spacial score (nSPS) is 15.0. The van der Waals surface area contributed by atoms with E-state index in [0.717, 1.165) is 66.6 Å². The second kappa shape index (κ2) is 19.6. The van der Waals surface area contributed by atoms with Crippen molar-refractivity contribution in [3.05, 3.63) is 258 Å². The molecule has 0 saturated carbocycles. The minimum Gasteiger partial charge on any atom is -0.458 e. The molecular formula is C78H66N4O. The minimum atomic E-state index is -2.75. The number of hydrogen-bond acceptors (Lipinski definition) is 2. The van der Waals surface area contributed by atoms with Crippen molar-refractivity contribution in [2.45, 2.75) is 79.8 Å². The zero-order valence-corrected chi connectivity index (χ0v) is 47.0. The molecule has 0 aliphatic carbocycles. The fraction of sp³-hybridized carbons (Fsp3) is 0.154. The fourth-order valence-electron chi connectivity index (χ4n) is 12.3. The van der Waals surface area contributed by atoms with E-state index in [9.17, 15) is 0 Å². The third-order valence-electron chi connectivity index (χ3n) is 16.4. The third kappa shape index (κ3) is 8.76. The number of hydrogen-bond donors (Lipinski definition) is 0. The van der Waals surface area contributed by atoms with Crippen molar-refractivity contribution in [3.63, 3.8) is 0 Å². The SMILES string of the molecule is [2H]C([2H])([2H])c1cccc(C([2H])([2H])[2H])c1-c1cc(-c2ccc(C(C)(C)C)cc2)c2c(c1)-c1ccccc1-c1ccccc1-c1cc(-c3c(C([2H])([2H])[2H])cccc3C([2H])([2H])[2H])cc3c1[n+]-2[c-]n3-c1cccc(Oc2ccc3c4ccccc4n(-c4cc(C(C)(C)C)ccn4)c3c2)c1. The highest BCUT2D eigenvalue weighted by Gasteiger charge is 2.29. The largest absolute Gasteiger partial charge is 0.458 e. The molecule has 5 nitrogen and oxygen atoms in total. The van der Waals surface area contributed by atoms with Gasteiger partial charge in [-0.1, -0.05) is 181 Å². The molecule has 0 spiro atoms. The molecule has 1 aliphatic rings. The Bertz CT molecular complexity index is 5180. The lowest BCUT2D eigenvalue weighted by Gasteiger charge is -2.23. The first kappa shape index (κ1) is 39.8. The van der Waals surface area contributed by atoms with E-state index in [-0.39, 0.29) is 44.2 Å². The van der Waals surface area contributed by atoms with Gasteiger partial charge in [0, 0.05) is 39.5 Å². The molecule has 10 aromatic carbocycles. The van der Waals surface area contributed by atoms with E-state index in [1.54, 1.807) is 0 Å². The molecule has 1 aliphatic heterocycles. The monoisotopic (exact) mass is 1090 g/mol. The van der Waals surface area contributed by atoms with Crippen molar-refractivity contribution >= 4 is 32.8 Å². The highest BCUT2D eigenvalue weighted by Crippen LogP contribution is 2.49. The van der Waals surface area contributed by atoms with E-state index in [1.807, 2.05) is 155 Å². The highest BCUT2D eigenvalue weighted by molar-refractivity contribution is 6.10. The van der Waals surface area contributed by atoms with Gasteiger partial charge in [0.05, 0.1) is 33.4 Å². The van der Waals surface area contributed by atoms with Gasteiger partial charge in [0.2, 0.25) is 0 Å². The summed E-state index contributed by atoms with van der Waals surface area (Å²) in [6.45, 7) is 1.99. The Balaban J connectivity index is 1.10. The topological polar surface area (TPSA) is 35.9 Å². The molecule has 4 heterocycles. The van der Waals surface area contributed by atoms with Gasteiger partial charge in [0.25, 0.3) is 6.33 Å². The number of nitrogens with zero attached hydrogens (tertiary/aromatic N) is 4. The summed E-state index contributed by atoms with van der Waals surface area (Å²) in [5.74, 6) is 1.79. The van der Waals surface area contributed by atoms with Crippen molar-refractivity contribution in [1.29, 1.82) is 0 Å². The van der Waals surface area contributed by atoms with E-state index in [0.29, 0.717) is 61.7 Å². The van der Waals surface area contributed by atoms with E-state index in [1.165, 1.54) is 36.4 Å². The van der Waals surface area contributed by atoms with Gasteiger partial charge in [-0.25, -0.2) is 4.98 Å². The summed E-state index contributed by atoms with van der Waals surface area (Å²) in [5, 5.41) is 2.08. The van der Waals surface area contributed by atoms with Crippen LogP contribution in [0.15, 0.2) is 219 Å². The number of aromatic nitrogens is 4. The van der Waals surface area contributed by atoms with Crippen LogP contribution in [0.3, 0.4) is 0 Å². The van der Waals surface area contributed by atoms with Gasteiger partial charge in [-0.3, -0.25) is 13.7 Å². The molecule has 0 unspecified atom stereocenters. The van der Waals surface area contributed by atoms with Gasteiger partial charge in [0.1, 0.15) is 17.3 Å². The zero-order chi connectivity index (χ0) is 67.1. The molecular weight excluding hydrogens is 1010 g/mol.